The van der Waals surface area contributed by atoms with Gasteiger partial charge in [-0.3, -0.25) is 9.59 Å². The minimum atomic E-state index is -0.615. The fourth-order valence-corrected chi connectivity index (χ4v) is 4.02. The van der Waals surface area contributed by atoms with Crippen LogP contribution >= 0.6 is 0 Å². The summed E-state index contributed by atoms with van der Waals surface area (Å²) in [5.41, 5.74) is 2.08. The number of nitrogens with one attached hydrogen (secondary N) is 1. The lowest BCUT2D eigenvalue weighted by molar-refractivity contribution is -0.136. The van der Waals surface area contributed by atoms with E-state index in [9.17, 15) is 14.4 Å². The van der Waals surface area contributed by atoms with Crippen molar-refractivity contribution in [1.29, 1.82) is 5.26 Å². The Morgan fingerprint density at radius 1 is 1.40 bits per heavy atom. The topological polar surface area (TPSA) is 96.3 Å². The Morgan fingerprint density at radius 3 is 2.68 bits per heavy atom. The van der Waals surface area contributed by atoms with Crippen LogP contribution in [-0.4, -0.2) is 30.8 Å². The molecule has 0 aromatic carbocycles. The fourth-order valence-electron chi connectivity index (χ4n) is 4.02. The summed E-state index contributed by atoms with van der Waals surface area (Å²) in [5.74, 6) is -0.919. The number of nitriles is 1. The summed E-state index contributed by atoms with van der Waals surface area (Å²) < 4.78 is 4.78. The number of carbonyl (C=O) groups excluding carboxylic acids is 3. The van der Waals surface area contributed by atoms with Crippen molar-refractivity contribution in [3.63, 3.8) is 0 Å². The normalized spacial score (nSPS) is 28.6. The highest BCUT2D eigenvalue weighted by molar-refractivity contribution is 6.05. The largest absolute Gasteiger partial charge is 0.466 e. The molecule has 2 rings (SSSR count). The lowest BCUT2D eigenvalue weighted by atomic mass is 9.83. The minimum absolute atomic E-state index is 0.0637. The van der Waals surface area contributed by atoms with Gasteiger partial charge in [0.1, 0.15) is 6.42 Å². The van der Waals surface area contributed by atoms with E-state index in [-0.39, 0.29) is 30.0 Å². The van der Waals surface area contributed by atoms with Gasteiger partial charge in [0.05, 0.1) is 19.2 Å². The Morgan fingerprint density at radius 2 is 2.08 bits per heavy atom. The molecule has 0 unspecified atom stereocenters. The summed E-state index contributed by atoms with van der Waals surface area (Å²) in [7, 11) is 1.33. The zero-order chi connectivity index (χ0) is 18.7. The van der Waals surface area contributed by atoms with Crippen molar-refractivity contribution in [3.8, 4) is 6.07 Å². The number of rotatable bonds is 4. The van der Waals surface area contributed by atoms with Gasteiger partial charge in [0.25, 0.3) is 0 Å². The van der Waals surface area contributed by atoms with Crippen molar-refractivity contribution in [2.24, 2.45) is 17.8 Å². The van der Waals surface area contributed by atoms with Crippen molar-refractivity contribution in [1.82, 2.24) is 5.32 Å². The third-order valence-electron chi connectivity index (χ3n) is 5.44. The maximum atomic E-state index is 12.7. The van der Waals surface area contributed by atoms with E-state index < -0.39 is 17.9 Å². The van der Waals surface area contributed by atoms with Gasteiger partial charge in [0.15, 0.2) is 5.78 Å². The first-order valence-corrected chi connectivity index (χ1v) is 8.49. The minimum Gasteiger partial charge on any atom is -0.466 e. The number of ketones is 1. The highest BCUT2D eigenvalue weighted by Gasteiger charge is 2.45. The highest BCUT2D eigenvalue weighted by Crippen LogP contribution is 2.45. The van der Waals surface area contributed by atoms with Crippen LogP contribution in [0.15, 0.2) is 23.3 Å². The molecule has 0 aromatic heterocycles. The quantitative estimate of drug-likeness (QED) is 0.622. The van der Waals surface area contributed by atoms with Crippen molar-refractivity contribution in [2.75, 3.05) is 7.11 Å². The maximum absolute atomic E-state index is 12.7. The van der Waals surface area contributed by atoms with Crippen LogP contribution < -0.4 is 5.32 Å². The van der Waals surface area contributed by atoms with Gasteiger partial charge < -0.3 is 10.1 Å². The summed E-state index contributed by atoms with van der Waals surface area (Å²) >= 11 is 0. The lowest BCUT2D eigenvalue weighted by Gasteiger charge is -2.26. The molecular weight excluding hydrogens is 320 g/mol. The first-order valence-electron chi connectivity index (χ1n) is 8.49. The molecule has 6 heteroatoms. The van der Waals surface area contributed by atoms with Crippen molar-refractivity contribution in [3.05, 3.63) is 23.3 Å². The molecule has 4 atom stereocenters. The summed E-state index contributed by atoms with van der Waals surface area (Å²) in [6, 6.07) is 1.19. The van der Waals surface area contributed by atoms with Crippen molar-refractivity contribution >= 4 is 17.7 Å². The van der Waals surface area contributed by atoms with Gasteiger partial charge in [-0.1, -0.05) is 19.1 Å². The van der Waals surface area contributed by atoms with Crippen LogP contribution in [0.2, 0.25) is 0 Å². The van der Waals surface area contributed by atoms with Crippen LogP contribution in [0.25, 0.3) is 0 Å². The van der Waals surface area contributed by atoms with Gasteiger partial charge in [-0.15, -0.1) is 0 Å². The molecule has 0 saturated heterocycles. The molecule has 6 nitrogen and oxygen atoms in total. The zero-order valence-corrected chi connectivity index (χ0v) is 14.9. The fraction of sp³-hybridized carbons (Fsp3) is 0.579. The van der Waals surface area contributed by atoms with E-state index in [4.69, 9.17) is 10.00 Å². The summed E-state index contributed by atoms with van der Waals surface area (Å²) in [5, 5.41) is 11.4. The Balaban J connectivity index is 2.28. The molecule has 1 amide bonds. The Hall–Kier alpha value is -2.42. The average molecular weight is 344 g/mol. The van der Waals surface area contributed by atoms with Gasteiger partial charge in [0, 0.05) is 11.5 Å². The standard InChI is InChI=1S/C19H24N2O4/c1-10-5-6-13(11(2)19(24)25-4)9-14-12(3)18(23)17(16(10)14)21-15(22)7-8-20/h10,13,16-17H,2,5-7,9H2,1,3-4H3,(H,21,22)/t10-,13+,16-,17-/m0/s1. The van der Waals surface area contributed by atoms with Gasteiger partial charge >= 0.3 is 5.97 Å². The van der Waals surface area contributed by atoms with Crippen LogP contribution in [0.4, 0.5) is 0 Å². The SMILES string of the molecule is C=C(C(=O)OC)[C@@H]1CC[C@H](C)[C@H]2C(=C(C)C(=O)[C@H]2NC(=O)CC#N)C1. The molecule has 1 N–H and O–H groups in total. The van der Waals surface area contributed by atoms with E-state index in [1.165, 1.54) is 7.11 Å². The second-order valence-corrected chi connectivity index (χ2v) is 6.89. The zero-order valence-electron chi connectivity index (χ0n) is 14.9. The van der Waals surface area contributed by atoms with Gasteiger partial charge in [-0.05, 0) is 43.6 Å². The Bertz CT molecular complexity index is 686. The van der Waals surface area contributed by atoms with Crippen LogP contribution in [-0.2, 0) is 19.1 Å². The second-order valence-electron chi connectivity index (χ2n) is 6.89. The third kappa shape index (κ3) is 3.65. The lowest BCUT2D eigenvalue weighted by Crippen LogP contribution is -2.44. The van der Waals surface area contributed by atoms with Gasteiger partial charge in [0.2, 0.25) is 5.91 Å². The molecule has 0 aliphatic heterocycles. The number of hydrogen-bond donors (Lipinski definition) is 1. The van der Waals surface area contributed by atoms with Crippen LogP contribution in [0, 0.1) is 29.1 Å². The van der Waals surface area contributed by atoms with E-state index >= 15 is 0 Å². The monoisotopic (exact) mass is 344 g/mol. The first-order chi connectivity index (χ1) is 11.8. The molecule has 0 aromatic rings. The number of methoxy groups -OCH3 is 1. The number of amides is 1. The average Bonchev–Trinajstić information content (AvgIpc) is 2.73. The first kappa shape index (κ1) is 18.9. The predicted molar refractivity (Wildman–Crippen MR) is 91.0 cm³/mol. The van der Waals surface area contributed by atoms with Gasteiger partial charge in [-0.2, -0.15) is 5.26 Å². The highest BCUT2D eigenvalue weighted by atomic mass is 16.5. The molecule has 1 fully saturated rings. The number of ether oxygens (including phenoxy) is 1. The molecule has 1 saturated carbocycles. The molecule has 0 spiro atoms. The van der Waals surface area contributed by atoms with Crippen molar-refractivity contribution < 1.29 is 19.1 Å². The number of carbonyl (C=O) groups is 3. The van der Waals surface area contributed by atoms with Crippen LogP contribution in [0.5, 0.6) is 0 Å². The molecule has 0 heterocycles. The van der Waals surface area contributed by atoms with Crippen molar-refractivity contribution in [2.45, 2.75) is 45.6 Å². The Labute approximate surface area is 147 Å². The molecule has 134 valence electrons. The number of Topliss-reactive ketones (excluding diaryl/α,β-unsaturated/α-hetero) is 1. The van der Waals surface area contributed by atoms with E-state index in [1.807, 2.05) is 0 Å². The van der Waals surface area contributed by atoms with E-state index in [0.29, 0.717) is 17.6 Å². The van der Waals surface area contributed by atoms with E-state index in [2.05, 4.69) is 18.8 Å². The second kappa shape index (κ2) is 7.64. The molecule has 2 aliphatic carbocycles. The summed E-state index contributed by atoms with van der Waals surface area (Å²) in [4.78, 5) is 36.3. The molecule has 25 heavy (non-hydrogen) atoms. The molecular formula is C19H24N2O4. The maximum Gasteiger partial charge on any atom is 0.333 e. The van der Waals surface area contributed by atoms with Crippen LogP contribution in [0.1, 0.15) is 39.5 Å². The number of fused-ring (bicyclic) bond motifs is 1. The number of nitrogens with zero attached hydrogens (tertiary/aromatic N) is 1. The number of esters is 1. The smallest absolute Gasteiger partial charge is 0.333 e. The Kier molecular flexibility index (Phi) is 5.78. The molecule has 0 radical (unpaired) electrons. The molecule has 0 bridgehead atoms. The van der Waals surface area contributed by atoms with Gasteiger partial charge in [-0.25, -0.2) is 4.79 Å². The predicted octanol–water partition coefficient (Wildman–Crippen LogP) is 2.07. The summed E-state index contributed by atoms with van der Waals surface area (Å²) in [6.07, 6.45) is 1.92. The van der Waals surface area contributed by atoms with Crippen LogP contribution in [0.3, 0.4) is 0 Å². The summed E-state index contributed by atoms with van der Waals surface area (Å²) in [6.45, 7) is 7.71. The van der Waals surface area contributed by atoms with E-state index in [0.717, 1.165) is 18.4 Å². The number of hydrogen-bond acceptors (Lipinski definition) is 5. The molecule has 2 aliphatic rings. The van der Waals surface area contributed by atoms with E-state index in [1.54, 1.807) is 13.0 Å². The third-order valence-corrected chi connectivity index (χ3v) is 5.44.